The molecule has 2 aromatic rings. The smallest absolute Gasteiger partial charge is 0.246 e. The molecule has 0 spiro atoms. The summed E-state index contributed by atoms with van der Waals surface area (Å²) in [5.74, 6) is 0.975. The molecule has 1 amide bonds. The van der Waals surface area contributed by atoms with Gasteiger partial charge in [-0.05, 0) is 24.6 Å². The molecule has 2 aliphatic rings. The molecule has 2 aromatic heterocycles. The fourth-order valence-electron chi connectivity index (χ4n) is 3.41. The Labute approximate surface area is 140 Å². The third-order valence-electron chi connectivity index (χ3n) is 4.54. The van der Waals surface area contributed by atoms with Crippen LogP contribution < -0.4 is 4.90 Å². The fourth-order valence-corrected chi connectivity index (χ4v) is 3.41. The van der Waals surface area contributed by atoms with Crippen LogP contribution in [-0.4, -0.2) is 45.2 Å². The molecule has 7 heteroatoms. The molecule has 0 saturated carbocycles. The highest BCUT2D eigenvalue weighted by Gasteiger charge is 2.28. The Morgan fingerprint density at radius 2 is 2.12 bits per heavy atom. The standard InChI is InChI=1S/C17H21N5O2/c23-16(22-8-3-9-24-22)10-14-11-20-7-1-4-15(20)13-21(12-14)17-18-5-2-6-19-17/h1-2,4-7,14H,3,8-13H2/t14-/m1/s1. The molecular weight excluding hydrogens is 306 g/mol. The van der Waals surface area contributed by atoms with Gasteiger partial charge in [-0.3, -0.25) is 9.63 Å². The molecule has 1 saturated heterocycles. The average Bonchev–Trinajstić information content (AvgIpc) is 3.25. The van der Waals surface area contributed by atoms with Crippen LogP contribution in [0.3, 0.4) is 0 Å². The lowest BCUT2D eigenvalue weighted by Gasteiger charge is -2.24. The van der Waals surface area contributed by atoms with Crippen molar-refractivity contribution in [1.29, 1.82) is 0 Å². The maximum atomic E-state index is 12.5. The molecular formula is C17H21N5O2. The summed E-state index contributed by atoms with van der Waals surface area (Å²) < 4.78 is 2.23. The molecule has 1 fully saturated rings. The number of carbonyl (C=O) groups excluding carboxylic acids is 1. The quantitative estimate of drug-likeness (QED) is 0.854. The zero-order valence-electron chi connectivity index (χ0n) is 13.5. The van der Waals surface area contributed by atoms with E-state index < -0.39 is 0 Å². The van der Waals surface area contributed by atoms with Crippen LogP contribution in [0.25, 0.3) is 0 Å². The van der Waals surface area contributed by atoms with E-state index in [1.54, 1.807) is 12.4 Å². The van der Waals surface area contributed by atoms with Crippen molar-refractivity contribution in [3.8, 4) is 0 Å². The van der Waals surface area contributed by atoms with E-state index in [0.29, 0.717) is 25.5 Å². The maximum absolute atomic E-state index is 12.5. The highest BCUT2D eigenvalue weighted by Crippen LogP contribution is 2.23. The van der Waals surface area contributed by atoms with E-state index in [9.17, 15) is 4.79 Å². The Bertz CT molecular complexity index is 696. The van der Waals surface area contributed by atoms with Gasteiger partial charge >= 0.3 is 0 Å². The SMILES string of the molecule is O=C(C[C@H]1CN(c2ncccn2)Cc2cccn2C1)N1CCCO1. The van der Waals surface area contributed by atoms with Crippen LogP contribution in [0.1, 0.15) is 18.5 Å². The second-order valence-corrected chi connectivity index (χ2v) is 6.33. The third-order valence-corrected chi connectivity index (χ3v) is 4.54. The molecule has 126 valence electrons. The molecule has 4 rings (SSSR count). The van der Waals surface area contributed by atoms with Gasteiger partial charge in [0.25, 0.3) is 0 Å². The summed E-state index contributed by atoms with van der Waals surface area (Å²) in [5, 5.41) is 1.52. The Balaban J connectivity index is 1.54. The number of nitrogens with zero attached hydrogens (tertiary/aromatic N) is 5. The van der Waals surface area contributed by atoms with Gasteiger partial charge < -0.3 is 9.47 Å². The van der Waals surface area contributed by atoms with E-state index in [1.165, 1.54) is 10.8 Å². The largest absolute Gasteiger partial charge is 0.349 e. The van der Waals surface area contributed by atoms with Gasteiger partial charge in [-0.15, -0.1) is 0 Å². The van der Waals surface area contributed by atoms with Gasteiger partial charge in [-0.2, -0.15) is 0 Å². The van der Waals surface area contributed by atoms with Crippen LogP contribution in [0, 0.1) is 5.92 Å². The third kappa shape index (κ3) is 3.12. The number of rotatable bonds is 3. The lowest BCUT2D eigenvalue weighted by atomic mass is 10.0. The summed E-state index contributed by atoms with van der Waals surface area (Å²) in [5.41, 5.74) is 1.22. The highest BCUT2D eigenvalue weighted by atomic mass is 16.7. The lowest BCUT2D eigenvalue weighted by Crippen LogP contribution is -2.34. The predicted molar refractivity (Wildman–Crippen MR) is 87.9 cm³/mol. The number of carbonyl (C=O) groups is 1. The van der Waals surface area contributed by atoms with Gasteiger partial charge in [0.2, 0.25) is 11.9 Å². The van der Waals surface area contributed by atoms with Crippen LogP contribution in [0.15, 0.2) is 36.8 Å². The Morgan fingerprint density at radius 3 is 2.92 bits per heavy atom. The molecule has 0 radical (unpaired) electrons. The Morgan fingerprint density at radius 1 is 1.25 bits per heavy atom. The van der Waals surface area contributed by atoms with Gasteiger partial charge in [0, 0.05) is 49.7 Å². The number of fused-ring (bicyclic) bond motifs is 1. The molecule has 7 nitrogen and oxygen atoms in total. The van der Waals surface area contributed by atoms with Gasteiger partial charge in [0.15, 0.2) is 0 Å². The zero-order valence-corrected chi connectivity index (χ0v) is 13.5. The molecule has 2 aliphatic heterocycles. The monoisotopic (exact) mass is 327 g/mol. The van der Waals surface area contributed by atoms with Gasteiger partial charge in [0.05, 0.1) is 19.7 Å². The number of amides is 1. The van der Waals surface area contributed by atoms with E-state index in [-0.39, 0.29) is 11.8 Å². The van der Waals surface area contributed by atoms with Crippen molar-refractivity contribution < 1.29 is 9.63 Å². The first kappa shape index (κ1) is 15.1. The summed E-state index contributed by atoms with van der Waals surface area (Å²) >= 11 is 0. The minimum absolute atomic E-state index is 0.0713. The number of hydroxylamine groups is 2. The first-order chi connectivity index (χ1) is 11.8. The van der Waals surface area contributed by atoms with Gasteiger partial charge in [0.1, 0.15) is 0 Å². The summed E-state index contributed by atoms with van der Waals surface area (Å²) in [6.45, 7) is 3.67. The van der Waals surface area contributed by atoms with Crippen LogP contribution >= 0.6 is 0 Å². The molecule has 0 aliphatic carbocycles. The van der Waals surface area contributed by atoms with E-state index in [0.717, 1.165) is 26.1 Å². The topological polar surface area (TPSA) is 63.5 Å². The number of hydrogen-bond acceptors (Lipinski definition) is 5. The van der Waals surface area contributed by atoms with E-state index in [4.69, 9.17) is 4.84 Å². The van der Waals surface area contributed by atoms with Crippen LogP contribution in [0.4, 0.5) is 5.95 Å². The van der Waals surface area contributed by atoms with Gasteiger partial charge in [-0.1, -0.05) is 0 Å². The predicted octanol–water partition coefficient (Wildman–Crippen LogP) is 1.47. The summed E-state index contributed by atoms with van der Waals surface area (Å²) in [7, 11) is 0. The van der Waals surface area contributed by atoms with Crippen LogP contribution in [-0.2, 0) is 22.7 Å². The number of aromatic nitrogens is 3. The first-order valence-corrected chi connectivity index (χ1v) is 8.39. The minimum atomic E-state index is 0.0713. The van der Waals surface area contributed by atoms with Crippen LogP contribution in [0.5, 0.6) is 0 Å². The van der Waals surface area contributed by atoms with E-state index in [1.807, 2.05) is 12.1 Å². The van der Waals surface area contributed by atoms with E-state index in [2.05, 4.69) is 31.7 Å². The van der Waals surface area contributed by atoms with Crippen molar-refractivity contribution in [1.82, 2.24) is 19.6 Å². The normalized spacial score (nSPS) is 20.8. The lowest BCUT2D eigenvalue weighted by molar-refractivity contribution is -0.169. The second-order valence-electron chi connectivity index (χ2n) is 6.33. The molecule has 0 bridgehead atoms. The van der Waals surface area contributed by atoms with Crippen molar-refractivity contribution in [2.75, 3.05) is 24.6 Å². The van der Waals surface area contributed by atoms with Crippen LogP contribution in [0.2, 0.25) is 0 Å². The summed E-state index contributed by atoms with van der Waals surface area (Å²) in [4.78, 5) is 28.8. The number of hydrogen-bond donors (Lipinski definition) is 0. The minimum Gasteiger partial charge on any atom is -0.349 e. The molecule has 24 heavy (non-hydrogen) atoms. The van der Waals surface area contributed by atoms with Crippen molar-refractivity contribution >= 4 is 11.9 Å². The molecule has 1 atom stereocenters. The van der Waals surface area contributed by atoms with Crippen molar-refractivity contribution in [3.63, 3.8) is 0 Å². The Hall–Kier alpha value is -2.41. The molecule has 0 N–H and O–H groups in total. The maximum Gasteiger partial charge on any atom is 0.246 e. The second kappa shape index (κ2) is 6.60. The van der Waals surface area contributed by atoms with Crippen molar-refractivity contribution in [3.05, 3.63) is 42.5 Å². The summed E-state index contributed by atoms with van der Waals surface area (Å²) in [6, 6.07) is 5.98. The molecule has 0 unspecified atom stereocenters. The molecule has 4 heterocycles. The van der Waals surface area contributed by atoms with Crippen molar-refractivity contribution in [2.45, 2.75) is 25.9 Å². The average molecular weight is 327 g/mol. The van der Waals surface area contributed by atoms with Crippen molar-refractivity contribution in [2.24, 2.45) is 5.92 Å². The molecule has 0 aromatic carbocycles. The Kier molecular flexibility index (Phi) is 4.17. The van der Waals surface area contributed by atoms with Gasteiger partial charge in [-0.25, -0.2) is 15.0 Å². The highest BCUT2D eigenvalue weighted by molar-refractivity contribution is 5.75. The fraction of sp³-hybridized carbons (Fsp3) is 0.471. The number of anilines is 1. The zero-order chi connectivity index (χ0) is 16.4. The summed E-state index contributed by atoms with van der Waals surface area (Å²) in [6.07, 6.45) is 6.98. The van der Waals surface area contributed by atoms with E-state index >= 15 is 0 Å². The first-order valence-electron chi connectivity index (χ1n) is 8.39.